The Morgan fingerprint density at radius 1 is 1.33 bits per heavy atom. The minimum atomic E-state index is -3.05. The van der Waals surface area contributed by atoms with Crippen LogP contribution in [0.25, 0.3) is 0 Å². The molecule has 0 bridgehead atoms. The third kappa shape index (κ3) is 2.24. The Morgan fingerprint density at radius 3 is 2.33 bits per heavy atom. The van der Waals surface area contributed by atoms with Crippen molar-refractivity contribution in [3.05, 3.63) is 34.3 Å². The van der Waals surface area contributed by atoms with Gasteiger partial charge < -0.3 is 0 Å². The second kappa shape index (κ2) is 3.88. The third-order valence-corrected chi connectivity index (χ3v) is 4.47. The molecule has 5 heteroatoms. The molecule has 0 aromatic heterocycles. The maximum Gasteiger partial charge on any atom is 0.211 e. The molecule has 0 amide bonds. The second-order valence-corrected chi connectivity index (χ2v) is 6.58. The quantitative estimate of drug-likeness (QED) is 0.837. The van der Waals surface area contributed by atoms with Crippen molar-refractivity contribution in [1.29, 1.82) is 0 Å². The fraction of sp³-hybridized carbons (Fsp3) is 0.400. The van der Waals surface area contributed by atoms with Gasteiger partial charge in [-0.2, -0.15) is 4.31 Å². The molecule has 1 aromatic carbocycles. The molecule has 1 heterocycles. The van der Waals surface area contributed by atoms with Gasteiger partial charge in [0, 0.05) is 11.0 Å². The summed E-state index contributed by atoms with van der Waals surface area (Å²) in [4.78, 5) is 0. The van der Waals surface area contributed by atoms with E-state index < -0.39 is 10.0 Å². The molecule has 3 nitrogen and oxygen atoms in total. The standard InChI is InChI=1S/C10H12BrNO2S/c1-15(13,14)12-7-6-10(12)8-2-4-9(11)5-3-8/h2-5,10H,6-7H2,1H3/t10-/m0/s1. The Hall–Kier alpha value is -0.390. The van der Waals surface area contributed by atoms with Crippen LogP contribution in [-0.2, 0) is 10.0 Å². The van der Waals surface area contributed by atoms with Gasteiger partial charge in [0.25, 0.3) is 0 Å². The molecular formula is C10H12BrNO2S. The Bertz CT molecular complexity index is 455. The number of sulfonamides is 1. The van der Waals surface area contributed by atoms with Crippen molar-refractivity contribution < 1.29 is 8.42 Å². The van der Waals surface area contributed by atoms with Gasteiger partial charge in [-0.3, -0.25) is 0 Å². The van der Waals surface area contributed by atoms with Crippen molar-refractivity contribution in [3.63, 3.8) is 0 Å². The second-order valence-electron chi connectivity index (χ2n) is 3.73. The Morgan fingerprint density at radius 2 is 1.93 bits per heavy atom. The monoisotopic (exact) mass is 289 g/mol. The summed E-state index contributed by atoms with van der Waals surface area (Å²) in [5, 5.41) is 0. The van der Waals surface area contributed by atoms with Crippen LogP contribution in [0.15, 0.2) is 28.7 Å². The molecule has 0 N–H and O–H groups in total. The van der Waals surface area contributed by atoms with E-state index in [9.17, 15) is 8.42 Å². The van der Waals surface area contributed by atoms with Crippen molar-refractivity contribution in [2.75, 3.05) is 12.8 Å². The summed E-state index contributed by atoms with van der Waals surface area (Å²) < 4.78 is 25.3. The maximum atomic E-state index is 11.4. The van der Waals surface area contributed by atoms with Gasteiger partial charge in [0.05, 0.1) is 12.3 Å². The van der Waals surface area contributed by atoms with E-state index in [0.717, 1.165) is 16.5 Å². The zero-order valence-corrected chi connectivity index (χ0v) is 10.8. The van der Waals surface area contributed by atoms with Gasteiger partial charge >= 0.3 is 0 Å². The Kier molecular flexibility index (Phi) is 2.87. The molecule has 82 valence electrons. The highest BCUT2D eigenvalue weighted by Crippen LogP contribution is 2.35. The van der Waals surface area contributed by atoms with Crippen LogP contribution in [0, 0.1) is 0 Å². The van der Waals surface area contributed by atoms with Crippen LogP contribution in [0.5, 0.6) is 0 Å². The van der Waals surface area contributed by atoms with Crippen molar-refractivity contribution in [1.82, 2.24) is 4.31 Å². The predicted molar refractivity (Wildman–Crippen MR) is 63.0 cm³/mol. The summed E-state index contributed by atoms with van der Waals surface area (Å²) in [6, 6.07) is 7.84. The predicted octanol–water partition coefficient (Wildman–Crippen LogP) is 2.16. The number of hydrogen-bond donors (Lipinski definition) is 0. The zero-order chi connectivity index (χ0) is 11.1. The molecule has 1 aliphatic heterocycles. The largest absolute Gasteiger partial charge is 0.212 e. The summed E-state index contributed by atoms with van der Waals surface area (Å²) in [6.45, 7) is 0.638. The fourth-order valence-corrected chi connectivity index (χ4v) is 3.17. The van der Waals surface area contributed by atoms with Crippen LogP contribution < -0.4 is 0 Å². The molecule has 1 atom stereocenters. The maximum absolute atomic E-state index is 11.4. The van der Waals surface area contributed by atoms with Crippen LogP contribution in [0.4, 0.5) is 0 Å². The molecule has 1 aromatic rings. The van der Waals surface area contributed by atoms with E-state index in [0.29, 0.717) is 6.54 Å². The van der Waals surface area contributed by atoms with Crippen LogP contribution in [-0.4, -0.2) is 25.5 Å². The van der Waals surface area contributed by atoms with Crippen LogP contribution in [0.1, 0.15) is 18.0 Å². The number of rotatable bonds is 2. The summed E-state index contributed by atoms with van der Waals surface area (Å²) in [7, 11) is -3.05. The van der Waals surface area contributed by atoms with E-state index in [-0.39, 0.29) is 6.04 Å². The lowest BCUT2D eigenvalue weighted by Crippen LogP contribution is -2.44. The zero-order valence-electron chi connectivity index (χ0n) is 8.35. The Labute approximate surface area is 98.3 Å². The van der Waals surface area contributed by atoms with E-state index in [1.54, 1.807) is 0 Å². The van der Waals surface area contributed by atoms with Gasteiger partial charge in [0.2, 0.25) is 10.0 Å². The minimum absolute atomic E-state index is 0.0353. The smallest absolute Gasteiger partial charge is 0.211 e. The molecule has 2 rings (SSSR count). The average Bonchev–Trinajstić information content (AvgIpc) is 2.03. The van der Waals surface area contributed by atoms with Gasteiger partial charge in [-0.25, -0.2) is 8.42 Å². The third-order valence-electron chi connectivity index (χ3n) is 2.65. The number of halogens is 1. The van der Waals surface area contributed by atoms with E-state index in [4.69, 9.17) is 0 Å². The first-order valence-electron chi connectivity index (χ1n) is 4.71. The van der Waals surface area contributed by atoms with E-state index in [2.05, 4.69) is 15.9 Å². The van der Waals surface area contributed by atoms with E-state index >= 15 is 0 Å². The van der Waals surface area contributed by atoms with Gasteiger partial charge in [0.1, 0.15) is 0 Å². The minimum Gasteiger partial charge on any atom is -0.212 e. The molecule has 0 spiro atoms. The molecule has 15 heavy (non-hydrogen) atoms. The van der Waals surface area contributed by atoms with E-state index in [1.165, 1.54) is 10.6 Å². The van der Waals surface area contributed by atoms with Gasteiger partial charge in [0.15, 0.2) is 0 Å². The van der Waals surface area contributed by atoms with Gasteiger partial charge in [-0.15, -0.1) is 0 Å². The molecular weight excluding hydrogens is 278 g/mol. The van der Waals surface area contributed by atoms with Crippen molar-refractivity contribution in [2.45, 2.75) is 12.5 Å². The average molecular weight is 290 g/mol. The number of hydrogen-bond acceptors (Lipinski definition) is 2. The van der Waals surface area contributed by atoms with Gasteiger partial charge in [-0.05, 0) is 24.1 Å². The SMILES string of the molecule is CS(=O)(=O)N1CC[C@H]1c1ccc(Br)cc1. The first-order chi connectivity index (χ1) is 6.98. The van der Waals surface area contributed by atoms with Crippen LogP contribution in [0.3, 0.4) is 0 Å². The summed E-state index contributed by atoms with van der Waals surface area (Å²) in [6.07, 6.45) is 2.17. The summed E-state index contributed by atoms with van der Waals surface area (Å²) >= 11 is 3.36. The molecule has 0 radical (unpaired) electrons. The normalized spacial score (nSPS) is 22.4. The van der Waals surface area contributed by atoms with Crippen molar-refractivity contribution in [2.24, 2.45) is 0 Å². The van der Waals surface area contributed by atoms with E-state index in [1.807, 2.05) is 24.3 Å². The molecule has 1 fully saturated rings. The lowest BCUT2D eigenvalue weighted by Gasteiger charge is -2.39. The molecule has 1 aliphatic rings. The first-order valence-corrected chi connectivity index (χ1v) is 7.35. The molecule has 0 unspecified atom stereocenters. The van der Waals surface area contributed by atoms with Crippen molar-refractivity contribution in [3.8, 4) is 0 Å². The molecule has 0 saturated carbocycles. The van der Waals surface area contributed by atoms with Gasteiger partial charge in [-0.1, -0.05) is 28.1 Å². The van der Waals surface area contributed by atoms with Crippen LogP contribution in [0.2, 0.25) is 0 Å². The highest BCUT2D eigenvalue weighted by Gasteiger charge is 2.35. The number of benzene rings is 1. The summed E-state index contributed by atoms with van der Waals surface area (Å²) in [5.74, 6) is 0. The summed E-state index contributed by atoms with van der Waals surface area (Å²) in [5.41, 5.74) is 1.06. The lowest BCUT2D eigenvalue weighted by atomic mass is 9.98. The molecule has 0 aliphatic carbocycles. The molecule has 1 saturated heterocycles. The lowest BCUT2D eigenvalue weighted by molar-refractivity contribution is 0.204. The first kappa shape index (κ1) is 11.1. The van der Waals surface area contributed by atoms with Crippen molar-refractivity contribution >= 4 is 26.0 Å². The fourth-order valence-electron chi connectivity index (χ4n) is 1.78. The Balaban J connectivity index is 2.23. The highest BCUT2D eigenvalue weighted by molar-refractivity contribution is 9.10. The highest BCUT2D eigenvalue weighted by atomic mass is 79.9. The number of nitrogens with zero attached hydrogens (tertiary/aromatic N) is 1. The van der Waals surface area contributed by atoms with Crippen LogP contribution >= 0.6 is 15.9 Å². The topological polar surface area (TPSA) is 37.4 Å².